The molecule has 2 fully saturated rings. The topological polar surface area (TPSA) is 3.24 Å². The summed E-state index contributed by atoms with van der Waals surface area (Å²) in [5.74, 6) is 3.77. The van der Waals surface area contributed by atoms with Gasteiger partial charge in [-0.15, -0.1) is 0 Å². The molecule has 1 aliphatic carbocycles. The van der Waals surface area contributed by atoms with Crippen molar-refractivity contribution in [1.29, 1.82) is 0 Å². The first kappa shape index (κ1) is 11.4. The zero-order valence-electron chi connectivity index (χ0n) is 11.0. The van der Waals surface area contributed by atoms with Crippen LogP contribution in [0, 0.1) is 23.7 Å². The van der Waals surface area contributed by atoms with Crippen molar-refractivity contribution in [1.82, 2.24) is 4.90 Å². The Labute approximate surface area is 95.2 Å². The molecule has 1 saturated carbocycles. The van der Waals surface area contributed by atoms with Crippen LogP contribution in [0.4, 0.5) is 0 Å². The molecule has 1 heterocycles. The Morgan fingerprint density at radius 2 is 1.73 bits per heavy atom. The highest BCUT2D eigenvalue weighted by Crippen LogP contribution is 2.49. The van der Waals surface area contributed by atoms with Crippen LogP contribution in [-0.4, -0.2) is 23.5 Å². The maximum absolute atomic E-state index is 2.79. The normalized spacial score (nSPS) is 38.2. The average molecular weight is 209 g/mol. The predicted molar refractivity (Wildman–Crippen MR) is 65.8 cm³/mol. The molecule has 88 valence electrons. The van der Waals surface area contributed by atoms with Gasteiger partial charge in [-0.3, -0.25) is 4.90 Å². The zero-order valence-corrected chi connectivity index (χ0v) is 11.0. The Morgan fingerprint density at radius 1 is 1.07 bits per heavy atom. The fourth-order valence-electron chi connectivity index (χ4n) is 3.62. The van der Waals surface area contributed by atoms with E-state index >= 15 is 0 Å². The van der Waals surface area contributed by atoms with Gasteiger partial charge >= 0.3 is 0 Å². The van der Waals surface area contributed by atoms with Crippen molar-refractivity contribution in [3.8, 4) is 0 Å². The van der Waals surface area contributed by atoms with Crippen LogP contribution in [0.15, 0.2) is 0 Å². The maximum atomic E-state index is 2.79. The second-order valence-corrected chi connectivity index (χ2v) is 6.39. The van der Waals surface area contributed by atoms with Gasteiger partial charge in [-0.1, -0.05) is 27.7 Å². The summed E-state index contributed by atoms with van der Waals surface area (Å²) >= 11 is 0. The quantitative estimate of drug-likeness (QED) is 0.688. The van der Waals surface area contributed by atoms with Gasteiger partial charge in [0.15, 0.2) is 0 Å². The van der Waals surface area contributed by atoms with Crippen molar-refractivity contribution in [3.05, 3.63) is 0 Å². The lowest BCUT2D eigenvalue weighted by molar-refractivity contribution is 0.0148. The summed E-state index contributed by atoms with van der Waals surface area (Å²) < 4.78 is 0. The van der Waals surface area contributed by atoms with E-state index in [-0.39, 0.29) is 0 Å². The number of rotatable bonds is 3. The number of hydrogen-bond acceptors (Lipinski definition) is 1. The molecule has 1 saturated heterocycles. The SMILES string of the molecule is CC(C)C1CC2C1CCN2C(C)C(C)C. The summed E-state index contributed by atoms with van der Waals surface area (Å²) in [6.45, 7) is 13.3. The van der Waals surface area contributed by atoms with Gasteiger partial charge in [0, 0.05) is 12.1 Å². The largest absolute Gasteiger partial charge is 0.297 e. The van der Waals surface area contributed by atoms with Crippen LogP contribution in [0.1, 0.15) is 47.5 Å². The second kappa shape index (κ2) is 4.08. The second-order valence-electron chi connectivity index (χ2n) is 6.39. The van der Waals surface area contributed by atoms with Crippen LogP contribution in [0.5, 0.6) is 0 Å². The lowest BCUT2D eigenvalue weighted by Crippen LogP contribution is -2.51. The Kier molecular flexibility index (Phi) is 3.12. The smallest absolute Gasteiger partial charge is 0.0132 e. The molecule has 0 bridgehead atoms. The molecule has 4 atom stereocenters. The molecule has 2 rings (SSSR count). The number of fused-ring (bicyclic) bond motifs is 1. The number of hydrogen-bond donors (Lipinski definition) is 0. The van der Waals surface area contributed by atoms with Crippen molar-refractivity contribution in [2.45, 2.75) is 59.5 Å². The third-order valence-corrected chi connectivity index (χ3v) is 5.05. The number of likely N-dealkylation sites (tertiary alicyclic amines) is 1. The van der Waals surface area contributed by atoms with E-state index in [1.807, 2.05) is 0 Å². The lowest BCUT2D eigenvalue weighted by atomic mass is 9.64. The van der Waals surface area contributed by atoms with E-state index in [4.69, 9.17) is 0 Å². The molecule has 1 aliphatic heterocycles. The minimum Gasteiger partial charge on any atom is -0.297 e. The van der Waals surface area contributed by atoms with Crippen LogP contribution in [0.25, 0.3) is 0 Å². The van der Waals surface area contributed by atoms with E-state index in [9.17, 15) is 0 Å². The predicted octanol–water partition coefficient (Wildman–Crippen LogP) is 3.40. The molecule has 0 aromatic carbocycles. The highest BCUT2D eigenvalue weighted by molar-refractivity contribution is 5.02. The molecule has 1 heteroatoms. The van der Waals surface area contributed by atoms with E-state index < -0.39 is 0 Å². The van der Waals surface area contributed by atoms with Gasteiger partial charge in [-0.2, -0.15) is 0 Å². The van der Waals surface area contributed by atoms with Crippen molar-refractivity contribution < 1.29 is 0 Å². The molecule has 1 nitrogen and oxygen atoms in total. The highest BCUT2D eigenvalue weighted by atomic mass is 15.2. The number of nitrogens with zero attached hydrogens (tertiary/aromatic N) is 1. The molecule has 0 aromatic heterocycles. The molecular formula is C14H27N. The molecule has 0 amide bonds. The first-order chi connectivity index (χ1) is 7.02. The van der Waals surface area contributed by atoms with Gasteiger partial charge in [0.25, 0.3) is 0 Å². The van der Waals surface area contributed by atoms with Crippen molar-refractivity contribution in [2.75, 3.05) is 6.54 Å². The fourth-order valence-corrected chi connectivity index (χ4v) is 3.62. The summed E-state index contributed by atoms with van der Waals surface area (Å²) in [6, 6.07) is 1.72. The van der Waals surface area contributed by atoms with E-state index in [0.29, 0.717) is 0 Å². The van der Waals surface area contributed by atoms with E-state index in [0.717, 1.165) is 35.8 Å². The summed E-state index contributed by atoms with van der Waals surface area (Å²) in [5, 5.41) is 0. The molecule has 4 unspecified atom stereocenters. The zero-order chi connectivity index (χ0) is 11.2. The van der Waals surface area contributed by atoms with Gasteiger partial charge < -0.3 is 0 Å². The molecule has 0 spiro atoms. The molecule has 0 aromatic rings. The van der Waals surface area contributed by atoms with Crippen LogP contribution < -0.4 is 0 Å². The summed E-state index contributed by atoms with van der Waals surface area (Å²) in [4.78, 5) is 2.79. The van der Waals surface area contributed by atoms with Crippen molar-refractivity contribution in [2.24, 2.45) is 23.7 Å². The molecular weight excluding hydrogens is 182 g/mol. The van der Waals surface area contributed by atoms with Crippen LogP contribution in [0.3, 0.4) is 0 Å². The standard InChI is InChI=1S/C14H27N/c1-9(2)11(5)15-7-6-12-13(10(3)4)8-14(12)15/h9-14H,6-8H2,1-5H3. The first-order valence-electron chi connectivity index (χ1n) is 6.78. The Hall–Kier alpha value is -0.0400. The fraction of sp³-hybridized carbons (Fsp3) is 1.00. The van der Waals surface area contributed by atoms with Crippen molar-refractivity contribution in [3.63, 3.8) is 0 Å². The summed E-state index contributed by atoms with van der Waals surface area (Å²) in [5.41, 5.74) is 0. The van der Waals surface area contributed by atoms with Crippen molar-refractivity contribution >= 4 is 0 Å². The van der Waals surface area contributed by atoms with E-state index in [2.05, 4.69) is 39.5 Å². The average Bonchev–Trinajstić information content (AvgIpc) is 2.41. The summed E-state index contributed by atoms with van der Waals surface area (Å²) in [7, 11) is 0. The molecule has 2 aliphatic rings. The van der Waals surface area contributed by atoms with Crippen LogP contribution >= 0.6 is 0 Å². The minimum atomic E-state index is 0.785. The molecule has 0 radical (unpaired) electrons. The minimum absolute atomic E-state index is 0.785. The maximum Gasteiger partial charge on any atom is 0.0132 e. The molecule has 15 heavy (non-hydrogen) atoms. The Balaban J connectivity index is 1.94. The first-order valence-corrected chi connectivity index (χ1v) is 6.78. The van der Waals surface area contributed by atoms with E-state index in [1.54, 1.807) is 0 Å². The molecule has 0 N–H and O–H groups in total. The summed E-state index contributed by atoms with van der Waals surface area (Å²) in [6.07, 6.45) is 2.93. The van der Waals surface area contributed by atoms with E-state index in [1.165, 1.54) is 19.4 Å². The van der Waals surface area contributed by atoms with Crippen LogP contribution in [0.2, 0.25) is 0 Å². The van der Waals surface area contributed by atoms with Gasteiger partial charge in [0.1, 0.15) is 0 Å². The van der Waals surface area contributed by atoms with Crippen LogP contribution in [-0.2, 0) is 0 Å². The Morgan fingerprint density at radius 3 is 2.27 bits per heavy atom. The van der Waals surface area contributed by atoms with Gasteiger partial charge in [-0.05, 0) is 50.0 Å². The third-order valence-electron chi connectivity index (χ3n) is 5.05. The Bertz CT molecular complexity index is 221. The monoisotopic (exact) mass is 209 g/mol. The highest BCUT2D eigenvalue weighted by Gasteiger charge is 2.50. The lowest BCUT2D eigenvalue weighted by Gasteiger charge is -2.48. The third kappa shape index (κ3) is 1.84. The van der Waals surface area contributed by atoms with Gasteiger partial charge in [-0.25, -0.2) is 0 Å². The van der Waals surface area contributed by atoms with Gasteiger partial charge in [0.2, 0.25) is 0 Å². The van der Waals surface area contributed by atoms with Gasteiger partial charge in [0.05, 0.1) is 0 Å².